The zero-order chi connectivity index (χ0) is 15.4. The molecule has 0 saturated heterocycles. The Bertz CT molecular complexity index is 1020. The van der Waals surface area contributed by atoms with E-state index in [-0.39, 0.29) is 0 Å². The second kappa shape index (κ2) is 4.49. The fourth-order valence-electron chi connectivity index (χ4n) is 3.38. The molecule has 0 radical (unpaired) electrons. The monoisotopic (exact) mass is 301 g/mol. The Hall–Kier alpha value is -3.01. The van der Waals surface area contributed by atoms with E-state index >= 15 is 0 Å². The lowest BCUT2D eigenvalue weighted by Gasteiger charge is -2.07. The van der Waals surface area contributed by atoms with Gasteiger partial charge in [0.15, 0.2) is 6.17 Å². The van der Waals surface area contributed by atoms with Gasteiger partial charge in [0.1, 0.15) is 5.82 Å². The van der Waals surface area contributed by atoms with Gasteiger partial charge in [0.05, 0.1) is 17.2 Å². The molecule has 1 aliphatic rings. The number of rotatable bonds is 1. The summed E-state index contributed by atoms with van der Waals surface area (Å²) < 4.78 is 14.8. The molecule has 2 heterocycles. The van der Waals surface area contributed by atoms with Crippen LogP contribution in [-0.4, -0.2) is 15.0 Å². The Balaban J connectivity index is 1.81. The number of benzene rings is 2. The average Bonchev–Trinajstić information content (AvgIpc) is 3.15. The van der Waals surface area contributed by atoms with Gasteiger partial charge in [-0.1, -0.05) is 42.5 Å². The predicted octanol–water partition coefficient (Wildman–Crippen LogP) is 4.66. The van der Waals surface area contributed by atoms with Gasteiger partial charge in [0.25, 0.3) is 0 Å². The van der Waals surface area contributed by atoms with Gasteiger partial charge in [-0.3, -0.25) is 4.98 Å². The van der Waals surface area contributed by atoms with Crippen LogP contribution in [0.15, 0.2) is 60.9 Å². The number of fused-ring (bicyclic) bond motifs is 4. The van der Waals surface area contributed by atoms with E-state index in [0.29, 0.717) is 5.56 Å². The molecule has 0 unspecified atom stereocenters. The molecule has 0 spiro atoms. The fourth-order valence-corrected chi connectivity index (χ4v) is 3.38. The maximum absolute atomic E-state index is 14.8. The molecule has 0 saturated carbocycles. The van der Waals surface area contributed by atoms with Gasteiger partial charge in [-0.05, 0) is 28.3 Å². The lowest BCUT2D eigenvalue weighted by molar-refractivity contribution is 0.410. The first-order valence-corrected chi connectivity index (χ1v) is 7.49. The summed E-state index contributed by atoms with van der Waals surface area (Å²) in [5.41, 5.74) is 5.98. The molecular formula is C19H12FN3. The van der Waals surface area contributed by atoms with Crippen molar-refractivity contribution in [2.75, 3.05) is 0 Å². The van der Waals surface area contributed by atoms with Crippen LogP contribution in [0, 0.1) is 0 Å². The van der Waals surface area contributed by atoms with Crippen molar-refractivity contribution in [3.05, 3.63) is 72.1 Å². The summed E-state index contributed by atoms with van der Waals surface area (Å²) in [5.74, 6) is 0.744. The maximum atomic E-state index is 14.8. The average molecular weight is 301 g/mol. The number of H-pyrrole nitrogens is 1. The first-order valence-electron chi connectivity index (χ1n) is 7.49. The summed E-state index contributed by atoms with van der Waals surface area (Å²) in [6.45, 7) is 0. The molecule has 0 aliphatic heterocycles. The third-order valence-electron chi connectivity index (χ3n) is 4.41. The smallest absolute Gasteiger partial charge is 0.151 e. The summed E-state index contributed by atoms with van der Waals surface area (Å²) in [6.07, 6.45) is 2.39. The zero-order valence-corrected chi connectivity index (χ0v) is 12.1. The van der Waals surface area contributed by atoms with Crippen molar-refractivity contribution < 1.29 is 4.39 Å². The molecule has 23 heavy (non-hydrogen) atoms. The third kappa shape index (κ3) is 1.69. The van der Waals surface area contributed by atoms with Crippen LogP contribution in [-0.2, 0) is 0 Å². The SMILES string of the molecule is F[C@@H]1c2ccccc2-c2c(-c3nc4ccncc4[nH]3)cccc21. The number of hydrogen-bond acceptors (Lipinski definition) is 2. The maximum Gasteiger partial charge on any atom is 0.151 e. The first kappa shape index (κ1) is 12.5. The second-order valence-corrected chi connectivity index (χ2v) is 5.70. The normalized spacial score (nSPS) is 15.6. The minimum atomic E-state index is -1.08. The van der Waals surface area contributed by atoms with Crippen LogP contribution < -0.4 is 0 Å². The van der Waals surface area contributed by atoms with Gasteiger partial charge in [-0.15, -0.1) is 0 Å². The first-order chi connectivity index (χ1) is 11.3. The van der Waals surface area contributed by atoms with E-state index in [2.05, 4.69) is 15.0 Å². The Morgan fingerprint density at radius 2 is 1.74 bits per heavy atom. The molecule has 5 rings (SSSR count). The number of halogens is 1. The minimum absolute atomic E-state index is 0.710. The standard InChI is InChI=1S/C19H12FN3/c20-18-12-5-2-1-4-11(12)17-13(18)6-3-7-14(17)19-22-15-8-9-21-10-16(15)23-19/h1-10,18H,(H,22,23)/t18-/m1/s1. The van der Waals surface area contributed by atoms with E-state index in [9.17, 15) is 4.39 Å². The van der Waals surface area contributed by atoms with Crippen LogP contribution >= 0.6 is 0 Å². The van der Waals surface area contributed by atoms with Crippen LogP contribution in [0.1, 0.15) is 17.3 Å². The topological polar surface area (TPSA) is 41.6 Å². The summed E-state index contributed by atoms with van der Waals surface area (Å²) in [4.78, 5) is 12.0. The molecule has 1 aliphatic carbocycles. The van der Waals surface area contributed by atoms with Crippen LogP contribution in [0.5, 0.6) is 0 Å². The number of nitrogens with zero attached hydrogens (tertiary/aromatic N) is 2. The predicted molar refractivity (Wildman–Crippen MR) is 87.7 cm³/mol. The molecular weight excluding hydrogens is 289 g/mol. The van der Waals surface area contributed by atoms with Crippen LogP contribution in [0.25, 0.3) is 33.5 Å². The van der Waals surface area contributed by atoms with E-state index < -0.39 is 6.17 Å². The van der Waals surface area contributed by atoms with E-state index in [1.165, 1.54) is 0 Å². The molecule has 110 valence electrons. The lowest BCUT2D eigenvalue weighted by atomic mass is 9.99. The third-order valence-corrected chi connectivity index (χ3v) is 4.41. The Kier molecular flexibility index (Phi) is 2.45. The Morgan fingerprint density at radius 1 is 0.913 bits per heavy atom. The number of aromatic amines is 1. The quantitative estimate of drug-likeness (QED) is 0.555. The summed E-state index contributed by atoms with van der Waals surface area (Å²) in [6, 6.07) is 15.2. The van der Waals surface area contributed by atoms with Crippen molar-refractivity contribution in [1.82, 2.24) is 15.0 Å². The van der Waals surface area contributed by atoms with Crippen molar-refractivity contribution in [2.24, 2.45) is 0 Å². The van der Waals surface area contributed by atoms with E-state index in [1.807, 2.05) is 48.5 Å². The molecule has 2 aromatic heterocycles. The van der Waals surface area contributed by atoms with Crippen LogP contribution in [0.4, 0.5) is 4.39 Å². The highest BCUT2D eigenvalue weighted by molar-refractivity contribution is 5.91. The van der Waals surface area contributed by atoms with E-state index in [4.69, 9.17) is 0 Å². The highest BCUT2D eigenvalue weighted by Gasteiger charge is 2.30. The van der Waals surface area contributed by atoms with E-state index in [1.54, 1.807) is 12.4 Å². The molecule has 3 nitrogen and oxygen atoms in total. The number of hydrogen-bond donors (Lipinski definition) is 1. The van der Waals surface area contributed by atoms with Crippen molar-refractivity contribution in [1.29, 1.82) is 0 Å². The molecule has 2 aromatic carbocycles. The lowest BCUT2D eigenvalue weighted by Crippen LogP contribution is -1.89. The molecule has 1 atom stereocenters. The molecule has 0 fully saturated rings. The number of alkyl halides is 1. The van der Waals surface area contributed by atoms with Gasteiger partial charge in [0.2, 0.25) is 0 Å². The fraction of sp³-hybridized carbons (Fsp3) is 0.0526. The summed E-state index contributed by atoms with van der Waals surface area (Å²) >= 11 is 0. The van der Waals surface area contributed by atoms with E-state index in [0.717, 1.165) is 39.1 Å². The number of pyridine rings is 1. The molecule has 1 N–H and O–H groups in total. The Labute approximate surface area is 131 Å². The molecule has 0 bridgehead atoms. The molecule has 0 amide bonds. The summed E-state index contributed by atoms with van der Waals surface area (Å²) in [5, 5.41) is 0. The second-order valence-electron chi connectivity index (χ2n) is 5.70. The highest BCUT2D eigenvalue weighted by atomic mass is 19.1. The van der Waals surface area contributed by atoms with Gasteiger partial charge in [-0.2, -0.15) is 0 Å². The van der Waals surface area contributed by atoms with Crippen molar-refractivity contribution in [3.8, 4) is 22.5 Å². The van der Waals surface area contributed by atoms with Crippen LogP contribution in [0.2, 0.25) is 0 Å². The van der Waals surface area contributed by atoms with Crippen molar-refractivity contribution >= 4 is 11.0 Å². The van der Waals surface area contributed by atoms with Gasteiger partial charge < -0.3 is 4.98 Å². The zero-order valence-electron chi connectivity index (χ0n) is 12.1. The summed E-state index contributed by atoms with van der Waals surface area (Å²) in [7, 11) is 0. The highest BCUT2D eigenvalue weighted by Crippen LogP contribution is 2.49. The minimum Gasteiger partial charge on any atom is -0.337 e. The van der Waals surface area contributed by atoms with Gasteiger partial charge in [0, 0.05) is 11.8 Å². The van der Waals surface area contributed by atoms with Crippen LogP contribution in [0.3, 0.4) is 0 Å². The van der Waals surface area contributed by atoms with Gasteiger partial charge >= 0.3 is 0 Å². The number of nitrogens with one attached hydrogen (secondary N) is 1. The van der Waals surface area contributed by atoms with Crippen molar-refractivity contribution in [3.63, 3.8) is 0 Å². The largest absolute Gasteiger partial charge is 0.337 e. The van der Waals surface area contributed by atoms with Gasteiger partial charge in [-0.25, -0.2) is 9.37 Å². The Morgan fingerprint density at radius 3 is 2.65 bits per heavy atom. The molecule has 4 heteroatoms. The molecule has 4 aromatic rings. The number of aromatic nitrogens is 3. The number of imidazole rings is 1. The van der Waals surface area contributed by atoms with Crippen molar-refractivity contribution in [2.45, 2.75) is 6.17 Å².